The molecule has 7 nitrogen and oxygen atoms in total. The predicted octanol–water partition coefficient (Wildman–Crippen LogP) is 7.45. The summed E-state index contributed by atoms with van der Waals surface area (Å²) in [4.78, 5) is 4.39. The van der Waals surface area contributed by atoms with Crippen LogP contribution in [0.15, 0.2) is 73.1 Å². The van der Waals surface area contributed by atoms with Crippen LogP contribution in [0.1, 0.15) is 29.3 Å². The molecule has 0 unspecified atom stereocenters. The number of aryl methyl sites for hydroxylation is 1. The molecule has 196 valence electrons. The highest BCUT2D eigenvalue weighted by Gasteiger charge is 2.20. The Hall–Kier alpha value is -4.26. The standard InChI is InChI=1S/C28H21Cl2F2N7/c29-22-12-19(7-8-24(22)32)35-26-18(14-33)15-34-28-21(26)11-20(13-23(28)30)36-27(17-5-2-1-3-6-17)25-16-39(38-37-25)10-4-9-31/h1-3,5-8,11-13,15-16,27,36H,4,9-10H2,(H,34,35)/t27-/m0/s1. The Kier molecular flexibility index (Phi) is 7.87. The van der Waals surface area contributed by atoms with E-state index in [9.17, 15) is 14.0 Å². The molecule has 2 heterocycles. The van der Waals surface area contributed by atoms with Gasteiger partial charge in [0.25, 0.3) is 0 Å². The normalized spacial score (nSPS) is 11.8. The number of fused-ring (bicyclic) bond motifs is 1. The summed E-state index contributed by atoms with van der Waals surface area (Å²) in [6.45, 7) is -0.0256. The quantitative estimate of drug-likeness (QED) is 0.193. The molecule has 0 saturated heterocycles. The Labute approximate surface area is 233 Å². The molecule has 0 aliphatic heterocycles. The maximum Gasteiger partial charge on any atom is 0.141 e. The molecule has 0 fully saturated rings. The van der Waals surface area contributed by atoms with Gasteiger partial charge in [0.1, 0.15) is 17.6 Å². The molecule has 0 radical (unpaired) electrons. The predicted molar refractivity (Wildman–Crippen MR) is 149 cm³/mol. The van der Waals surface area contributed by atoms with Crippen LogP contribution in [0.5, 0.6) is 0 Å². The van der Waals surface area contributed by atoms with Crippen molar-refractivity contribution < 1.29 is 8.78 Å². The molecule has 0 aliphatic rings. The summed E-state index contributed by atoms with van der Waals surface area (Å²) in [6, 6.07) is 19.2. The van der Waals surface area contributed by atoms with Crippen molar-refractivity contribution in [2.24, 2.45) is 0 Å². The van der Waals surface area contributed by atoms with Crippen LogP contribution in [0.2, 0.25) is 10.0 Å². The first-order valence-corrected chi connectivity index (χ1v) is 12.7. The summed E-state index contributed by atoms with van der Waals surface area (Å²) in [5.41, 5.74) is 3.89. The monoisotopic (exact) mass is 563 g/mol. The van der Waals surface area contributed by atoms with Crippen LogP contribution in [-0.2, 0) is 6.54 Å². The Morgan fingerprint density at radius 2 is 1.82 bits per heavy atom. The Bertz CT molecular complexity index is 1670. The lowest BCUT2D eigenvalue weighted by Crippen LogP contribution is -2.13. The second-order valence-electron chi connectivity index (χ2n) is 8.70. The highest BCUT2D eigenvalue weighted by Crippen LogP contribution is 2.37. The Morgan fingerprint density at radius 1 is 1.03 bits per heavy atom. The summed E-state index contributed by atoms with van der Waals surface area (Å²) < 4.78 is 28.0. The molecule has 2 aromatic heterocycles. The van der Waals surface area contributed by atoms with E-state index in [2.05, 4.69) is 32.0 Å². The van der Waals surface area contributed by atoms with Crippen molar-refractivity contribution in [1.82, 2.24) is 20.0 Å². The highest BCUT2D eigenvalue weighted by atomic mass is 35.5. The van der Waals surface area contributed by atoms with Gasteiger partial charge in [-0.05, 0) is 42.3 Å². The first kappa shape index (κ1) is 26.4. The van der Waals surface area contributed by atoms with Crippen molar-refractivity contribution in [2.45, 2.75) is 19.0 Å². The number of benzene rings is 3. The van der Waals surface area contributed by atoms with E-state index in [4.69, 9.17) is 23.2 Å². The number of hydrogen-bond acceptors (Lipinski definition) is 6. The third-order valence-electron chi connectivity index (χ3n) is 6.05. The number of halogens is 4. The lowest BCUT2D eigenvalue weighted by molar-refractivity contribution is 0.431. The van der Waals surface area contributed by atoms with E-state index in [1.807, 2.05) is 36.4 Å². The van der Waals surface area contributed by atoms with Gasteiger partial charge in [-0.2, -0.15) is 5.26 Å². The van der Waals surface area contributed by atoms with Crippen LogP contribution in [-0.4, -0.2) is 26.7 Å². The van der Waals surface area contributed by atoms with E-state index in [0.717, 1.165) is 5.56 Å². The lowest BCUT2D eigenvalue weighted by atomic mass is 10.0. The summed E-state index contributed by atoms with van der Waals surface area (Å²) in [7, 11) is 0. The van der Waals surface area contributed by atoms with Gasteiger partial charge >= 0.3 is 0 Å². The van der Waals surface area contributed by atoms with Crippen molar-refractivity contribution in [2.75, 3.05) is 17.3 Å². The number of nitriles is 1. The largest absolute Gasteiger partial charge is 0.373 e. The molecule has 2 N–H and O–H groups in total. The van der Waals surface area contributed by atoms with Crippen molar-refractivity contribution >= 4 is 51.2 Å². The number of nitrogens with zero attached hydrogens (tertiary/aromatic N) is 5. The molecule has 1 atom stereocenters. The lowest BCUT2D eigenvalue weighted by Gasteiger charge is -2.20. The first-order chi connectivity index (χ1) is 19.0. The maximum absolute atomic E-state index is 13.7. The number of nitrogens with one attached hydrogen (secondary N) is 2. The second-order valence-corrected chi connectivity index (χ2v) is 9.52. The molecular weight excluding hydrogens is 543 g/mol. The van der Waals surface area contributed by atoms with Crippen LogP contribution < -0.4 is 10.6 Å². The van der Waals surface area contributed by atoms with E-state index < -0.39 is 18.5 Å². The third kappa shape index (κ3) is 5.77. The summed E-state index contributed by atoms with van der Waals surface area (Å²) in [5.74, 6) is -0.551. The van der Waals surface area contributed by atoms with E-state index in [-0.39, 0.29) is 10.6 Å². The van der Waals surface area contributed by atoms with Gasteiger partial charge in [0.05, 0.1) is 45.7 Å². The Morgan fingerprint density at radius 3 is 2.56 bits per heavy atom. The van der Waals surface area contributed by atoms with Crippen molar-refractivity contribution in [3.63, 3.8) is 0 Å². The van der Waals surface area contributed by atoms with E-state index >= 15 is 0 Å². The number of anilines is 3. The fourth-order valence-electron chi connectivity index (χ4n) is 4.20. The zero-order chi connectivity index (χ0) is 27.4. The van der Waals surface area contributed by atoms with Crippen LogP contribution in [0, 0.1) is 17.1 Å². The molecule has 0 aliphatic carbocycles. The molecule has 39 heavy (non-hydrogen) atoms. The summed E-state index contributed by atoms with van der Waals surface area (Å²) in [6.07, 6.45) is 3.55. The van der Waals surface area contributed by atoms with Crippen LogP contribution >= 0.6 is 23.2 Å². The van der Waals surface area contributed by atoms with Gasteiger partial charge in [-0.25, -0.2) is 4.39 Å². The number of aromatic nitrogens is 4. The van der Waals surface area contributed by atoms with Gasteiger partial charge in [-0.3, -0.25) is 14.1 Å². The molecule has 5 rings (SSSR count). The van der Waals surface area contributed by atoms with Crippen molar-refractivity contribution in [1.29, 1.82) is 5.26 Å². The fourth-order valence-corrected chi connectivity index (χ4v) is 4.65. The minimum atomic E-state index is -0.551. The smallest absolute Gasteiger partial charge is 0.141 e. The van der Waals surface area contributed by atoms with Crippen molar-refractivity contribution in [3.8, 4) is 6.07 Å². The van der Waals surface area contributed by atoms with E-state index in [0.29, 0.717) is 51.6 Å². The second kappa shape index (κ2) is 11.6. The van der Waals surface area contributed by atoms with E-state index in [1.54, 1.807) is 16.9 Å². The minimum Gasteiger partial charge on any atom is -0.373 e. The average molecular weight is 564 g/mol. The number of hydrogen-bond donors (Lipinski definition) is 2. The van der Waals surface area contributed by atoms with E-state index in [1.165, 1.54) is 24.4 Å². The number of rotatable bonds is 9. The fraction of sp³-hybridized carbons (Fsp3) is 0.143. The molecule has 11 heteroatoms. The maximum atomic E-state index is 13.7. The topological polar surface area (TPSA) is 91.5 Å². The molecule has 0 amide bonds. The van der Waals surface area contributed by atoms with Crippen LogP contribution in [0.25, 0.3) is 10.9 Å². The van der Waals surface area contributed by atoms with Crippen LogP contribution in [0.4, 0.5) is 25.8 Å². The number of alkyl halides is 1. The minimum absolute atomic E-state index is 0.0532. The van der Waals surface area contributed by atoms with Gasteiger partial charge in [-0.1, -0.05) is 58.7 Å². The molecular formula is C28H21Cl2F2N7. The SMILES string of the molecule is N#Cc1cnc2c(Cl)cc(N[C@@H](c3ccccc3)c3cn(CCCF)nn3)cc2c1Nc1ccc(F)c(Cl)c1. The molecule has 5 aromatic rings. The van der Waals surface area contributed by atoms with Gasteiger partial charge in [0.15, 0.2) is 0 Å². The molecule has 0 saturated carbocycles. The number of pyridine rings is 1. The van der Waals surface area contributed by atoms with Crippen LogP contribution in [0.3, 0.4) is 0 Å². The summed E-state index contributed by atoms with van der Waals surface area (Å²) >= 11 is 12.6. The zero-order valence-corrected chi connectivity index (χ0v) is 21.9. The van der Waals surface area contributed by atoms with Crippen molar-refractivity contribution in [3.05, 3.63) is 106 Å². The highest BCUT2D eigenvalue weighted by molar-refractivity contribution is 6.36. The average Bonchev–Trinajstić information content (AvgIpc) is 3.42. The van der Waals surface area contributed by atoms with Gasteiger partial charge in [-0.15, -0.1) is 5.10 Å². The molecule has 0 spiro atoms. The molecule has 3 aromatic carbocycles. The van der Waals surface area contributed by atoms with Gasteiger partial charge < -0.3 is 10.6 Å². The first-order valence-electron chi connectivity index (χ1n) is 12.0. The van der Waals surface area contributed by atoms with Gasteiger partial charge in [0.2, 0.25) is 0 Å². The zero-order valence-electron chi connectivity index (χ0n) is 20.4. The third-order valence-corrected chi connectivity index (χ3v) is 6.63. The Balaban J connectivity index is 1.58. The molecule has 0 bridgehead atoms. The summed E-state index contributed by atoms with van der Waals surface area (Å²) in [5, 5.41) is 25.8. The van der Waals surface area contributed by atoms with Gasteiger partial charge in [0, 0.05) is 29.5 Å².